The highest BCUT2D eigenvalue weighted by molar-refractivity contribution is 7.12. The van der Waals surface area contributed by atoms with Gasteiger partial charge < -0.3 is 31.3 Å². The summed E-state index contributed by atoms with van der Waals surface area (Å²) in [5.74, 6) is -2.91. The summed E-state index contributed by atoms with van der Waals surface area (Å²) in [5, 5.41) is 39.8. The van der Waals surface area contributed by atoms with Gasteiger partial charge in [0, 0.05) is 48.9 Å². The van der Waals surface area contributed by atoms with Gasteiger partial charge in [0.05, 0.1) is 17.8 Å². The Kier molecular flexibility index (Phi) is 12.6. The number of hydrogen-bond acceptors (Lipinski definition) is 10. The molecule has 0 unspecified atom stereocenters. The van der Waals surface area contributed by atoms with Crippen molar-refractivity contribution in [2.75, 3.05) is 39.3 Å². The van der Waals surface area contributed by atoms with Gasteiger partial charge in [0.2, 0.25) is 0 Å². The van der Waals surface area contributed by atoms with Crippen molar-refractivity contribution in [3.63, 3.8) is 0 Å². The molecule has 0 spiro atoms. The van der Waals surface area contributed by atoms with Gasteiger partial charge in [0.25, 0.3) is 0 Å². The first-order valence-electron chi connectivity index (χ1n) is 17.5. The maximum atomic E-state index is 12.1. The first-order valence-corrected chi connectivity index (χ1v) is 19.9. The molecule has 0 amide bonds. The van der Waals surface area contributed by atoms with Gasteiger partial charge in [-0.3, -0.25) is 19.3 Å². The summed E-state index contributed by atoms with van der Waals surface area (Å²) in [6.07, 6.45) is 4.30. The van der Waals surface area contributed by atoms with Gasteiger partial charge in [0.15, 0.2) is 0 Å². The molecular formula is C36H48N4O6S3. The van der Waals surface area contributed by atoms with E-state index in [0.29, 0.717) is 38.9 Å². The molecule has 13 heteroatoms. The summed E-state index contributed by atoms with van der Waals surface area (Å²) >= 11 is 5.06. The lowest BCUT2D eigenvalue weighted by atomic mass is 9.88. The van der Waals surface area contributed by atoms with Crippen LogP contribution in [0.5, 0.6) is 0 Å². The zero-order chi connectivity index (χ0) is 34.3. The summed E-state index contributed by atoms with van der Waals surface area (Å²) < 4.78 is 0. The summed E-state index contributed by atoms with van der Waals surface area (Å²) in [5.41, 5.74) is 0. The minimum Gasteiger partial charge on any atom is -0.481 e. The van der Waals surface area contributed by atoms with Gasteiger partial charge in [-0.1, -0.05) is 0 Å². The molecule has 0 aliphatic carbocycles. The molecule has 266 valence electrons. The van der Waals surface area contributed by atoms with E-state index < -0.39 is 35.7 Å². The number of rotatable bonds is 18. The normalized spacial score (nSPS) is 22.8. The molecule has 0 radical (unpaired) electrons. The summed E-state index contributed by atoms with van der Waals surface area (Å²) in [6, 6.07) is 12.6. The fourth-order valence-corrected chi connectivity index (χ4v) is 11.1. The number of carboxylic acids is 3. The second-order valence-electron chi connectivity index (χ2n) is 14.0. The van der Waals surface area contributed by atoms with Gasteiger partial charge in [-0.25, -0.2) is 0 Å². The second-order valence-corrected chi connectivity index (χ2v) is 17.7. The Morgan fingerprint density at radius 1 is 0.551 bits per heavy atom. The molecule has 3 aliphatic heterocycles. The van der Waals surface area contributed by atoms with Gasteiger partial charge in [-0.15, -0.1) is 34.0 Å². The Bertz CT molecular complexity index is 1370. The fourth-order valence-electron chi connectivity index (χ4n) is 7.76. The van der Waals surface area contributed by atoms with Crippen LogP contribution in [0, 0.1) is 35.5 Å². The van der Waals surface area contributed by atoms with Gasteiger partial charge in [-0.05, 0) is 132 Å². The number of carboxylic acid groups (broad SMARTS) is 3. The van der Waals surface area contributed by atoms with Crippen molar-refractivity contribution in [2.24, 2.45) is 35.5 Å². The van der Waals surface area contributed by atoms with Crippen molar-refractivity contribution < 1.29 is 29.7 Å². The molecule has 3 fully saturated rings. The molecule has 0 bridgehead atoms. The fraction of sp³-hybridized carbons (Fsp3) is 0.583. The number of aliphatic carboxylic acids is 3. The maximum absolute atomic E-state index is 12.1. The van der Waals surface area contributed by atoms with Crippen LogP contribution < -0.4 is 16.0 Å². The molecule has 6 rings (SSSR count). The van der Waals surface area contributed by atoms with Crippen molar-refractivity contribution in [1.29, 1.82) is 0 Å². The van der Waals surface area contributed by atoms with Crippen molar-refractivity contribution in [1.82, 2.24) is 20.9 Å². The Balaban J connectivity index is 1.16. The SMILES string of the molecule is O=C(O)[C@@H](Cc1ccc(CN(Cc2ccc(C[C@H](C(=O)O)[C@H]3CCNC3)s2)Cc2ccc(C[C@H](C(=O)O)[C@H]3CCNC3)s2)s1)[C@H]1CCNC1. The third-order valence-corrected chi connectivity index (χ3v) is 13.8. The molecule has 0 saturated carbocycles. The Hall–Kier alpha value is -2.65. The summed E-state index contributed by atoms with van der Waals surface area (Å²) in [6.45, 7) is 6.98. The van der Waals surface area contributed by atoms with E-state index in [4.69, 9.17) is 0 Å². The molecule has 3 aromatic heterocycles. The average molecular weight is 729 g/mol. The van der Waals surface area contributed by atoms with Crippen LogP contribution in [-0.4, -0.2) is 77.4 Å². The largest absolute Gasteiger partial charge is 0.481 e. The highest BCUT2D eigenvalue weighted by atomic mass is 32.1. The molecule has 6 heterocycles. The highest BCUT2D eigenvalue weighted by Gasteiger charge is 2.33. The van der Waals surface area contributed by atoms with Crippen LogP contribution in [-0.2, 0) is 53.3 Å². The minimum atomic E-state index is -0.726. The predicted octanol–water partition coefficient (Wildman–Crippen LogP) is 4.63. The lowest BCUT2D eigenvalue weighted by Gasteiger charge is -2.21. The van der Waals surface area contributed by atoms with Gasteiger partial charge >= 0.3 is 17.9 Å². The Morgan fingerprint density at radius 3 is 1.08 bits per heavy atom. The lowest BCUT2D eigenvalue weighted by Crippen LogP contribution is -2.27. The molecule has 10 nitrogen and oxygen atoms in total. The van der Waals surface area contributed by atoms with Gasteiger partial charge in [0.1, 0.15) is 0 Å². The monoisotopic (exact) mass is 728 g/mol. The maximum Gasteiger partial charge on any atom is 0.307 e. The van der Waals surface area contributed by atoms with Crippen LogP contribution in [0.25, 0.3) is 0 Å². The Labute approximate surface area is 299 Å². The molecule has 3 aliphatic rings. The third-order valence-electron chi connectivity index (χ3n) is 10.5. The quantitative estimate of drug-likeness (QED) is 0.109. The van der Waals surface area contributed by atoms with E-state index >= 15 is 0 Å². The van der Waals surface area contributed by atoms with E-state index in [0.717, 1.165) is 73.2 Å². The van der Waals surface area contributed by atoms with E-state index in [1.54, 1.807) is 34.0 Å². The predicted molar refractivity (Wildman–Crippen MR) is 193 cm³/mol. The zero-order valence-electron chi connectivity index (χ0n) is 27.8. The smallest absolute Gasteiger partial charge is 0.307 e. The van der Waals surface area contributed by atoms with Crippen molar-refractivity contribution in [2.45, 2.75) is 58.2 Å². The first kappa shape index (κ1) is 36.2. The minimum absolute atomic E-state index is 0.150. The first-order chi connectivity index (χ1) is 23.7. The molecular weight excluding hydrogens is 681 g/mol. The van der Waals surface area contributed by atoms with Crippen LogP contribution in [0.2, 0.25) is 0 Å². The number of thiophene rings is 3. The number of nitrogens with one attached hydrogen (secondary N) is 3. The number of nitrogens with zero attached hydrogens (tertiary/aromatic N) is 1. The van der Waals surface area contributed by atoms with E-state index in [-0.39, 0.29) is 17.8 Å². The van der Waals surface area contributed by atoms with Crippen LogP contribution in [0.1, 0.15) is 48.5 Å². The molecule has 3 aromatic rings. The summed E-state index contributed by atoms with van der Waals surface area (Å²) in [7, 11) is 0. The van der Waals surface area contributed by atoms with Gasteiger partial charge in [-0.2, -0.15) is 0 Å². The topological polar surface area (TPSA) is 151 Å². The Morgan fingerprint density at radius 2 is 0.837 bits per heavy atom. The van der Waals surface area contributed by atoms with Crippen molar-refractivity contribution in [3.8, 4) is 0 Å². The van der Waals surface area contributed by atoms with Crippen LogP contribution in [0.4, 0.5) is 0 Å². The summed E-state index contributed by atoms with van der Waals surface area (Å²) in [4.78, 5) is 45.6. The third kappa shape index (κ3) is 9.78. The van der Waals surface area contributed by atoms with E-state index in [1.807, 2.05) is 0 Å². The second kappa shape index (κ2) is 17.0. The molecule has 0 aromatic carbocycles. The van der Waals surface area contributed by atoms with Crippen LogP contribution in [0.15, 0.2) is 36.4 Å². The molecule has 6 N–H and O–H groups in total. The zero-order valence-corrected chi connectivity index (χ0v) is 30.2. The molecule has 6 atom stereocenters. The van der Waals surface area contributed by atoms with Crippen molar-refractivity contribution in [3.05, 3.63) is 65.7 Å². The molecule has 3 saturated heterocycles. The molecule has 49 heavy (non-hydrogen) atoms. The van der Waals surface area contributed by atoms with E-state index in [9.17, 15) is 29.7 Å². The standard InChI is InChI=1S/C36H48N4O6S3/c41-34(42)31(22-7-10-37-16-22)13-25-1-4-28(47-25)19-40(20-29-5-2-26(48-29)14-32(35(43)44)23-8-11-38-17-23)21-30-6-3-27(49-30)15-33(36(45)46)24-9-12-39-18-24/h1-6,22-24,31-33,37-39H,7-21H2,(H,41,42)(H,43,44)(H,45,46)/t22-,23-,24-,31-,32-,33-/m0/s1. The van der Waals surface area contributed by atoms with E-state index in [2.05, 4.69) is 57.2 Å². The highest BCUT2D eigenvalue weighted by Crippen LogP contribution is 2.32. The lowest BCUT2D eigenvalue weighted by molar-refractivity contribution is -0.144. The number of carbonyl (C=O) groups is 3. The average Bonchev–Trinajstić information content (AvgIpc) is 3.91. The van der Waals surface area contributed by atoms with Crippen molar-refractivity contribution >= 4 is 51.9 Å². The van der Waals surface area contributed by atoms with Crippen LogP contribution in [0.3, 0.4) is 0 Å². The number of hydrogen-bond donors (Lipinski definition) is 6. The van der Waals surface area contributed by atoms with E-state index in [1.165, 1.54) is 14.6 Å². The van der Waals surface area contributed by atoms with Crippen LogP contribution >= 0.6 is 34.0 Å².